The predicted molar refractivity (Wildman–Crippen MR) is 73.1 cm³/mol. The van der Waals surface area contributed by atoms with Crippen LogP contribution in [0.15, 0.2) is 0 Å². The van der Waals surface area contributed by atoms with Gasteiger partial charge in [-0.3, -0.25) is 9.59 Å². The van der Waals surface area contributed by atoms with Gasteiger partial charge >= 0.3 is 30.8 Å². The van der Waals surface area contributed by atoms with Crippen LogP contribution in [-0.2, 0) is 9.59 Å². The van der Waals surface area contributed by atoms with Crippen LogP contribution in [0, 0.1) is 5.92 Å². The van der Waals surface area contributed by atoms with E-state index in [-0.39, 0.29) is 25.3 Å². The molecule has 0 rings (SSSR count). The van der Waals surface area contributed by atoms with Crippen molar-refractivity contribution < 1.29 is 19.8 Å². The van der Waals surface area contributed by atoms with Gasteiger partial charge in [-0.1, -0.05) is 58.3 Å². The zero-order valence-corrected chi connectivity index (χ0v) is 10.7. The third-order valence-electron chi connectivity index (χ3n) is 2.94. The Morgan fingerprint density at radius 1 is 0.833 bits per heavy atom. The number of carboxylic acids is 2. The van der Waals surface area contributed by atoms with Crippen LogP contribution in [0.2, 0.25) is 0 Å². The topological polar surface area (TPSA) is 74.6 Å². The van der Waals surface area contributed by atoms with E-state index in [1.54, 1.807) is 0 Å². The van der Waals surface area contributed by atoms with Crippen LogP contribution in [0.4, 0.5) is 0 Å². The van der Waals surface area contributed by atoms with Crippen molar-refractivity contribution >= 4 is 30.8 Å². The molecule has 0 unspecified atom stereocenters. The zero-order chi connectivity index (χ0) is 13.1. The number of hydrogen-bond donors (Lipinski definition) is 2. The van der Waals surface area contributed by atoms with Crippen LogP contribution in [0.3, 0.4) is 0 Å². The molecule has 0 aliphatic carbocycles. The van der Waals surface area contributed by atoms with Gasteiger partial charge in [0.25, 0.3) is 0 Å². The zero-order valence-electron chi connectivity index (χ0n) is 10.7. The molecule has 0 aliphatic heterocycles. The Kier molecular flexibility index (Phi) is 14.3. The Hall–Kier alpha value is -0.463. The number of aliphatic carboxylic acids is 2. The molecule has 0 atom stereocenters. The SMILES string of the molecule is CCCCCCCCCCC(C(=O)O)C(=O)O.[LiH]. The van der Waals surface area contributed by atoms with Crippen LogP contribution >= 0.6 is 0 Å². The quantitative estimate of drug-likeness (QED) is 0.337. The Bertz CT molecular complexity index is 217. The molecule has 0 fully saturated rings. The predicted octanol–water partition coefficient (Wildman–Crippen LogP) is 2.65. The summed E-state index contributed by atoms with van der Waals surface area (Å²) >= 11 is 0. The molecule has 2 N–H and O–H groups in total. The summed E-state index contributed by atoms with van der Waals surface area (Å²) < 4.78 is 0. The third-order valence-corrected chi connectivity index (χ3v) is 2.94. The van der Waals surface area contributed by atoms with Gasteiger partial charge in [-0.05, 0) is 6.42 Å². The van der Waals surface area contributed by atoms with E-state index in [0.717, 1.165) is 12.8 Å². The van der Waals surface area contributed by atoms with Crippen molar-refractivity contribution in [2.75, 3.05) is 0 Å². The van der Waals surface area contributed by atoms with E-state index in [0.29, 0.717) is 6.42 Å². The summed E-state index contributed by atoms with van der Waals surface area (Å²) in [5, 5.41) is 17.3. The van der Waals surface area contributed by atoms with Crippen molar-refractivity contribution in [3.63, 3.8) is 0 Å². The molecule has 0 spiro atoms. The maximum absolute atomic E-state index is 10.6. The first-order chi connectivity index (χ1) is 8.09. The van der Waals surface area contributed by atoms with E-state index in [9.17, 15) is 9.59 Å². The number of carboxylic acid groups (broad SMARTS) is 2. The monoisotopic (exact) mass is 252 g/mol. The van der Waals surface area contributed by atoms with Crippen molar-refractivity contribution in [1.29, 1.82) is 0 Å². The van der Waals surface area contributed by atoms with Gasteiger partial charge < -0.3 is 10.2 Å². The van der Waals surface area contributed by atoms with Crippen LogP contribution in [0.25, 0.3) is 0 Å². The molecule has 0 radical (unpaired) electrons. The van der Waals surface area contributed by atoms with Gasteiger partial charge in [0, 0.05) is 0 Å². The number of unbranched alkanes of at least 4 members (excludes halogenated alkanes) is 7. The third kappa shape index (κ3) is 10.7. The fourth-order valence-corrected chi connectivity index (χ4v) is 1.83. The van der Waals surface area contributed by atoms with Crippen LogP contribution in [0.5, 0.6) is 0 Å². The summed E-state index contributed by atoms with van der Waals surface area (Å²) in [5.41, 5.74) is 0. The molecule has 5 heteroatoms. The molecule has 0 aliphatic rings. The van der Waals surface area contributed by atoms with E-state index >= 15 is 0 Å². The van der Waals surface area contributed by atoms with Gasteiger partial charge in [0.15, 0.2) is 5.92 Å². The molecule has 0 bridgehead atoms. The van der Waals surface area contributed by atoms with Crippen molar-refractivity contribution in [1.82, 2.24) is 0 Å². The van der Waals surface area contributed by atoms with Gasteiger partial charge in [0.05, 0.1) is 0 Å². The van der Waals surface area contributed by atoms with E-state index in [1.807, 2.05) is 0 Å². The van der Waals surface area contributed by atoms with Crippen molar-refractivity contribution in [3.8, 4) is 0 Å². The number of carbonyl (C=O) groups is 2. The fourth-order valence-electron chi connectivity index (χ4n) is 1.83. The maximum atomic E-state index is 10.6. The molecular formula is C13H25LiO4. The Morgan fingerprint density at radius 2 is 1.22 bits per heavy atom. The Balaban J connectivity index is 0. The van der Waals surface area contributed by atoms with Gasteiger partial charge in [0.2, 0.25) is 0 Å². The van der Waals surface area contributed by atoms with Crippen LogP contribution in [0.1, 0.15) is 64.7 Å². The van der Waals surface area contributed by atoms with Gasteiger partial charge in [-0.15, -0.1) is 0 Å². The Labute approximate surface area is 121 Å². The second-order valence-corrected chi connectivity index (χ2v) is 4.49. The molecule has 0 heterocycles. The molecule has 0 saturated heterocycles. The first-order valence-corrected chi connectivity index (χ1v) is 6.55. The fraction of sp³-hybridized carbons (Fsp3) is 0.846. The molecule has 4 nitrogen and oxygen atoms in total. The standard InChI is InChI=1S/C13H24O4.Li.H/c1-2-3-4-5-6-7-8-9-10-11(12(14)15)13(16)17;;/h11H,2-10H2,1H3,(H,14,15)(H,16,17);;. The van der Waals surface area contributed by atoms with Crippen molar-refractivity contribution in [3.05, 3.63) is 0 Å². The van der Waals surface area contributed by atoms with Crippen LogP contribution in [-0.4, -0.2) is 41.0 Å². The van der Waals surface area contributed by atoms with E-state index in [2.05, 4.69) is 6.92 Å². The van der Waals surface area contributed by atoms with E-state index < -0.39 is 17.9 Å². The number of rotatable bonds is 11. The summed E-state index contributed by atoms with van der Waals surface area (Å²) in [7, 11) is 0. The van der Waals surface area contributed by atoms with Crippen molar-refractivity contribution in [2.24, 2.45) is 5.92 Å². The first kappa shape index (κ1) is 19.9. The average molecular weight is 252 g/mol. The molecule has 0 aromatic rings. The minimum absolute atomic E-state index is 0. The van der Waals surface area contributed by atoms with E-state index in [1.165, 1.54) is 32.1 Å². The normalized spacial score (nSPS) is 10.1. The molecule has 102 valence electrons. The molecule has 18 heavy (non-hydrogen) atoms. The molecule has 0 aromatic carbocycles. The van der Waals surface area contributed by atoms with Crippen molar-refractivity contribution in [2.45, 2.75) is 64.7 Å². The minimum atomic E-state index is -1.23. The first-order valence-electron chi connectivity index (χ1n) is 6.55. The van der Waals surface area contributed by atoms with Gasteiger partial charge in [-0.2, -0.15) is 0 Å². The molecule has 0 saturated carbocycles. The summed E-state index contributed by atoms with van der Waals surface area (Å²) in [6, 6.07) is 0. The summed E-state index contributed by atoms with van der Waals surface area (Å²) in [5.74, 6) is -3.67. The van der Waals surface area contributed by atoms with E-state index in [4.69, 9.17) is 10.2 Å². The second kappa shape index (κ2) is 13.0. The van der Waals surface area contributed by atoms with Gasteiger partial charge in [0.1, 0.15) is 0 Å². The summed E-state index contributed by atoms with van der Waals surface area (Å²) in [6.07, 6.45) is 9.14. The Morgan fingerprint density at radius 3 is 1.61 bits per heavy atom. The molecule has 0 aromatic heterocycles. The summed E-state index contributed by atoms with van der Waals surface area (Å²) in [6.45, 7) is 2.18. The van der Waals surface area contributed by atoms with Crippen LogP contribution < -0.4 is 0 Å². The van der Waals surface area contributed by atoms with Gasteiger partial charge in [-0.25, -0.2) is 0 Å². The number of hydrogen-bond acceptors (Lipinski definition) is 2. The summed E-state index contributed by atoms with van der Waals surface area (Å²) in [4.78, 5) is 21.2. The molecular weight excluding hydrogens is 227 g/mol. The molecule has 0 amide bonds. The average Bonchev–Trinajstić information content (AvgIpc) is 2.26. The second-order valence-electron chi connectivity index (χ2n) is 4.49.